The van der Waals surface area contributed by atoms with E-state index in [0.29, 0.717) is 0 Å². The molecule has 0 heterocycles. The number of hydrogen-bond acceptors (Lipinski definition) is 3. The number of hydrogen-bond donors (Lipinski definition) is 0. The third-order valence-electron chi connectivity index (χ3n) is 2.32. The van der Waals surface area contributed by atoms with Crippen molar-refractivity contribution in [1.82, 2.24) is 0 Å². The molecule has 0 aliphatic rings. The molecule has 0 aliphatic carbocycles. The molecule has 0 unspecified atom stereocenters. The fourth-order valence-corrected chi connectivity index (χ4v) is 3.03. The van der Waals surface area contributed by atoms with Crippen LogP contribution in [0.4, 0.5) is 8.78 Å². The van der Waals surface area contributed by atoms with Gasteiger partial charge in [-0.1, -0.05) is 18.1 Å². The van der Waals surface area contributed by atoms with Crippen LogP contribution in [0.15, 0.2) is 24.3 Å². The highest BCUT2D eigenvalue weighted by atomic mass is 31.2. The first-order valence-electron chi connectivity index (χ1n) is 5.75. The largest absolute Gasteiger partial charge is 0.404 e. The Morgan fingerprint density at radius 1 is 1.32 bits per heavy atom. The molecule has 1 aromatic rings. The summed E-state index contributed by atoms with van der Waals surface area (Å²) in [5.41, 5.74) is -3.95. The van der Waals surface area contributed by atoms with E-state index in [0.717, 1.165) is 12.1 Å². The van der Waals surface area contributed by atoms with Gasteiger partial charge in [0.25, 0.3) is 0 Å². The second kappa shape index (κ2) is 6.29. The first-order valence-corrected chi connectivity index (χ1v) is 7.29. The normalized spacial score (nSPS) is 12.2. The van der Waals surface area contributed by atoms with Gasteiger partial charge >= 0.3 is 13.3 Å². The summed E-state index contributed by atoms with van der Waals surface area (Å²) in [5, 5.41) is 0. The van der Waals surface area contributed by atoms with Gasteiger partial charge in [-0.05, 0) is 26.0 Å². The summed E-state index contributed by atoms with van der Waals surface area (Å²) in [4.78, 5) is 0. The smallest absolute Gasteiger partial charge is 0.304 e. The van der Waals surface area contributed by atoms with E-state index in [1.165, 1.54) is 26.0 Å². The predicted molar refractivity (Wildman–Crippen MR) is 69.1 cm³/mol. The first kappa shape index (κ1) is 15.8. The van der Waals surface area contributed by atoms with Crippen molar-refractivity contribution in [3.05, 3.63) is 35.4 Å². The minimum absolute atomic E-state index is 0.137. The topological polar surface area (TPSA) is 35.5 Å². The van der Waals surface area contributed by atoms with Crippen molar-refractivity contribution in [2.45, 2.75) is 19.5 Å². The average molecular weight is 288 g/mol. The fraction of sp³-hybridized carbons (Fsp3) is 0.385. The van der Waals surface area contributed by atoms with Gasteiger partial charge in [0.05, 0.1) is 13.2 Å². The van der Waals surface area contributed by atoms with E-state index in [1.807, 2.05) is 0 Å². The Balaban J connectivity index is 3.26. The Kier molecular flexibility index (Phi) is 5.25. The van der Waals surface area contributed by atoms with E-state index in [9.17, 15) is 13.3 Å². The summed E-state index contributed by atoms with van der Waals surface area (Å²) in [5.74, 6) is 2.25. The van der Waals surface area contributed by atoms with E-state index >= 15 is 0 Å². The van der Waals surface area contributed by atoms with Crippen LogP contribution in [0.3, 0.4) is 0 Å². The molecule has 0 fully saturated rings. The second-order valence-electron chi connectivity index (χ2n) is 3.60. The van der Waals surface area contributed by atoms with E-state index in [-0.39, 0.29) is 18.8 Å². The predicted octanol–water partition coefficient (Wildman–Crippen LogP) is 3.98. The molecular weight excluding hydrogens is 273 g/mol. The maximum atomic E-state index is 14.3. The van der Waals surface area contributed by atoms with Gasteiger partial charge < -0.3 is 9.05 Å². The maximum absolute atomic E-state index is 14.3. The molecule has 0 aromatic heterocycles. The lowest BCUT2D eigenvalue weighted by Crippen LogP contribution is -2.18. The fourth-order valence-electron chi connectivity index (χ4n) is 1.49. The molecule has 104 valence electrons. The summed E-state index contributed by atoms with van der Waals surface area (Å²) in [6, 6.07) is 5.13. The van der Waals surface area contributed by atoms with Gasteiger partial charge in [-0.2, -0.15) is 8.78 Å². The zero-order valence-corrected chi connectivity index (χ0v) is 11.6. The highest BCUT2D eigenvalue weighted by Gasteiger charge is 2.54. The summed E-state index contributed by atoms with van der Waals surface area (Å²) in [6.07, 6.45) is 5.16. The molecule has 0 saturated carbocycles. The van der Waals surface area contributed by atoms with E-state index in [4.69, 9.17) is 15.5 Å². The van der Waals surface area contributed by atoms with Crippen LogP contribution in [0.2, 0.25) is 0 Å². The van der Waals surface area contributed by atoms with E-state index < -0.39 is 18.8 Å². The lowest BCUT2D eigenvalue weighted by molar-refractivity contribution is 0.0360. The van der Waals surface area contributed by atoms with Crippen molar-refractivity contribution < 1.29 is 22.4 Å². The van der Waals surface area contributed by atoms with Crippen molar-refractivity contribution in [1.29, 1.82) is 0 Å². The number of alkyl halides is 2. The van der Waals surface area contributed by atoms with Gasteiger partial charge in [-0.15, -0.1) is 6.42 Å². The monoisotopic (exact) mass is 288 g/mol. The van der Waals surface area contributed by atoms with Crippen LogP contribution < -0.4 is 0 Å². The summed E-state index contributed by atoms with van der Waals surface area (Å²) >= 11 is 0. The van der Waals surface area contributed by atoms with Gasteiger partial charge in [0.2, 0.25) is 0 Å². The molecule has 0 N–H and O–H groups in total. The molecule has 1 rings (SSSR count). The van der Waals surface area contributed by atoms with E-state index in [2.05, 4.69) is 5.92 Å². The zero-order valence-electron chi connectivity index (χ0n) is 10.7. The molecule has 6 heteroatoms. The SMILES string of the molecule is C#Cc1cccc(C(F)(F)P(=O)(OCC)OCC)c1. The summed E-state index contributed by atoms with van der Waals surface area (Å²) < 4.78 is 50.2. The Morgan fingerprint density at radius 2 is 1.89 bits per heavy atom. The molecule has 3 nitrogen and oxygen atoms in total. The number of halogens is 2. The maximum Gasteiger partial charge on any atom is 0.404 e. The lowest BCUT2D eigenvalue weighted by Gasteiger charge is -2.26. The molecule has 0 atom stereocenters. The van der Waals surface area contributed by atoms with Crippen molar-refractivity contribution in [2.24, 2.45) is 0 Å². The quantitative estimate of drug-likeness (QED) is 0.586. The number of benzene rings is 1. The number of terminal acetylenes is 1. The third kappa shape index (κ3) is 3.22. The standard InChI is InChI=1S/C13H15F2O3P/c1-4-11-8-7-9-12(10-11)13(14,15)19(16,17-5-2)18-6-3/h1,7-10H,5-6H2,2-3H3. The van der Waals surface area contributed by atoms with E-state index in [1.54, 1.807) is 0 Å². The molecule has 0 aliphatic heterocycles. The Morgan fingerprint density at radius 3 is 2.37 bits per heavy atom. The van der Waals surface area contributed by atoms with Crippen LogP contribution in [-0.2, 0) is 19.3 Å². The van der Waals surface area contributed by atoms with Crippen LogP contribution in [0.5, 0.6) is 0 Å². The molecule has 0 radical (unpaired) electrons. The van der Waals surface area contributed by atoms with Gasteiger partial charge in [-0.25, -0.2) is 0 Å². The lowest BCUT2D eigenvalue weighted by atomic mass is 10.1. The highest BCUT2D eigenvalue weighted by molar-refractivity contribution is 7.54. The molecule has 0 bridgehead atoms. The van der Waals surface area contributed by atoms with Crippen molar-refractivity contribution in [2.75, 3.05) is 13.2 Å². The Bertz CT molecular complexity index is 513. The summed E-state index contributed by atoms with van der Waals surface area (Å²) in [7, 11) is -4.58. The Labute approximate surface area is 111 Å². The molecule has 19 heavy (non-hydrogen) atoms. The zero-order chi connectivity index (χ0) is 14.5. The van der Waals surface area contributed by atoms with Crippen LogP contribution in [-0.4, -0.2) is 13.2 Å². The van der Waals surface area contributed by atoms with Crippen molar-refractivity contribution >= 4 is 7.60 Å². The molecule has 0 spiro atoms. The van der Waals surface area contributed by atoms with Crippen LogP contribution in [0.25, 0.3) is 0 Å². The first-order chi connectivity index (χ1) is 8.91. The Hall–Kier alpha value is -1.21. The van der Waals surface area contributed by atoms with Gasteiger partial charge in [0.15, 0.2) is 0 Å². The molecule has 0 saturated heterocycles. The molecular formula is C13H15F2O3P. The van der Waals surface area contributed by atoms with Crippen LogP contribution >= 0.6 is 7.60 Å². The van der Waals surface area contributed by atoms with Crippen LogP contribution in [0.1, 0.15) is 25.0 Å². The molecule has 0 amide bonds. The number of rotatable bonds is 6. The molecule has 1 aromatic carbocycles. The third-order valence-corrected chi connectivity index (χ3v) is 4.46. The van der Waals surface area contributed by atoms with Crippen LogP contribution in [0, 0.1) is 12.3 Å². The van der Waals surface area contributed by atoms with Crippen molar-refractivity contribution in [3.8, 4) is 12.3 Å². The van der Waals surface area contributed by atoms with Gasteiger partial charge in [0, 0.05) is 11.1 Å². The average Bonchev–Trinajstić information content (AvgIpc) is 2.39. The second-order valence-corrected chi connectivity index (χ2v) is 5.67. The van der Waals surface area contributed by atoms with Gasteiger partial charge in [0.1, 0.15) is 0 Å². The minimum atomic E-state index is -4.58. The minimum Gasteiger partial charge on any atom is -0.304 e. The van der Waals surface area contributed by atoms with Gasteiger partial charge in [-0.3, -0.25) is 4.57 Å². The van der Waals surface area contributed by atoms with Crippen molar-refractivity contribution in [3.63, 3.8) is 0 Å². The summed E-state index contributed by atoms with van der Waals surface area (Å²) in [6.45, 7) is 2.67. The highest BCUT2D eigenvalue weighted by Crippen LogP contribution is 2.66.